The predicted octanol–water partition coefficient (Wildman–Crippen LogP) is 5.08. The molecule has 27 heavy (non-hydrogen) atoms. The van der Waals surface area contributed by atoms with Crippen LogP contribution in [-0.2, 0) is 11.2 Å². The fourth-order valence-electron chi connectivity index (χ4n) is 3.05. The van der Waals surface area contributed by atoms with Gasteiger partial charge in [-0.15, -0.1) is 11.3 Å². The number of benzene rings is 1. The number of fused-ring (bicyclic) bond motifs is 1. The highest BCUT2D eigenvalue weighted by Crippen LogP contribution is 2.37. The van der Waals surface area contributed by atoms with Crippen molar-refractivity contribution in [1.29, 1.82) is 0 Å². The third kappa shape index (κ3) is 4.01. The van der Waals surface area contributed by atoms with E-state index in [2.05, 4.69) is 35.5 Å². The Labute approximate surface area is 166 Å². The van der Waals surface area contributed by atoms with E-state index in [0.717, 1.165) is 24.1 Å². The highest BCUT2D eigenvalue weighted by Gasteiger charge is 2.18. The number of carbonyl (C=O) groups excluding carboxylic acids is 1. The van der Waals surface area contributed by atoms with Crippen LogP contribution in [0.25, 0.3) is 5.57 Å². The van der Waals surface area contributed by atoms with Crippen molar-refractivity contribution >= 4 is 39.5 Å². The summed E-state index contributed by atoms with van der Waals surface area (Å²) in [7, 11) is 0. The Bertz CT molecular complexity index is 935. The molecule has 1 unspecified atom stereocenters. The summed E-state index contributed by atoms with van der Waals surface area (Å²) in [6.07, 6.45) is 8.87. The number of hydrogen-bond acceptors (Lipinski definition) is 5. The molecular formula is C20H19ClN2O3S. The van der Waals surface area contributed by atoms with Crippen molar-refractivity contribution in [2.45, 2.75) is 26.2 Å². The first-order valence-corrected chi connectivity index (χ1v) is 10.1. The zero-order valence-electron chi connectivity index (χ0n) is 14.8. The van der Waals surface area contributed by atoms with Crippen molar-refractivity contribution in [2.24, 2.45) is 5.92 Å². The molecule has 1 aliphatic carbocycles. The van der Waals surface area contributed by atoms with Crippen molar-refractivity contribution in [3.63, 3.8) is 0 Å². The molecule has 7 heteroatoms. The number of allylic oxidation sites excluding steroid dienone is 4. The van der Waals surface area contributed by atoms with Crippen LogP contribution in [-0.4, -0.2) is 17.7 Å². The Hall–Kier alpha value is -2.31. The Kier molecular flexibility index (Phi) is 5.18. The van der Waals surface area contributed by atoms with Crippen LogP contribution in [0.3, 0.4) is 0 Å². The van der Waals surface area contributed by atoms with Crippen molar-refractivity contribution in [3.05, 3.63) is 52.0 Å². The van der Waals surface area contributed by atoms with E-state index in [0.29, 0.717) is 33.1 Å². The standard InChI is InChI=1S/C20H19ClN2O3S/c1-2-12-3-5-13(6-4-12)16-10-27-20(22-16)23-19(24)8-14-7-17-18(9-15(14)21)26-11-25-17/h3,5-7,9-10,12H,2,4,8,11H2,1H3,(H,22,23,24). The van der Waals surface area contributed by atoms with Crippen LogP contribution in [0.15, 0.2) is 35.7 Å². The monoisotopic (exact) mass is 402 g/mol. The molecule has 0 fully saturated rings. The summed E-state index contributed by atoms with van der Waals surface area (Å²) in [6, 6.07) is 3.43. The highest BCUT2D eigenvalue weighted by molar-refractivity contribution is 7.14. The molecule has 2 heterocycles. The van der Waals surface area contributed by atoms with Crippen molar-refractivity contribution in [3.8, 4) is 11.5 Å². The predicted molar refractivity (Wildman–Crippen MR) is 108 cm³/mol. The Morgan fingerprint density at radius 2 is 2.19 bits per heavy atom. The summed E-state index contributed by atoms with van der Waals surface area (Å²) < 4.78 is 10.6. The third-order valence-electron chi connectivity index (χ3n) is 4.65. The van der Waals surface area contributed by atoms with Gasteiger partial charge in [-0.25, -0.2) is 4.98 Å². The normalized spacial score (nSPS) is 17.7. The zero-order chi connectivity index (χ0) is 18.8. The molecule has 2 aromatic rings. The number of nitrogens with zero attached hydrogens (tertiary/aromatic N) is 1. The van der Waals surface area contributed by atoms with Gasteiger partial charge in [-0.3, -0.25) is 4.79 Å². The SMILES string of the molecule is CCC1C=CC(c2csc(NC(=O)Cc3cc4c(cc3Cl)OCO4)n2)=CC1. The van der Waals surface area contributed by atoms with Gasteiger partial charge in [0.05, 0.1) is 12.1 Å². The number of carbonyl (C=O) groups is 1. The molecule has 0 bridgehead atoms. The van der Waals surface area contributed by atoms with Crippen LogP contribution in [0.2, 0.25) is 5.02 Å². The second-order valence-electron chi connectivity index (χ2n) is 6.48. The Morgan fingerprint density at radius 1 is 1.37 bits per heavy atom. The molecule has 1 atom stereocenters. The topological polar surface area (TPSA) is 60.5 Å². The summed E-state index contributed by atoms with van der Waals surface area (Å²) in [6.45, 7) is 2.36. The van der Waals surface area contributed by atoms with Gasteiger partial charge in [-0.2, -0.15) is 0 Å². The number of rotatable bonds is 5. The van der Waals surface area contributed by atoms with Crippen molar-refractivity contribution in [1.82, 2.24) is 4.98 Å². The number of nitrogens with one attached hydrogen (secondary N) is 1. The number of ether oxygens (including phenoxy) is 2. The molecule has 2 aliphatic rings. The van der Waals surface area contributed by atoms with Gasteiger partial charge in [0.1, 0.15) is 0 Å². The molecule has 140 valence electrons. The second kappa shape index (κ2) is 7.74. The largest absolute Gasteiger partial charge is 0.454 e. The quantitative estimate of drug-likeness (QED) is 0.757. The second-order valence-corrected chi connectivity index (χ2v) is 7.75. The maximum Gasteiger partial charge on any atom is 0.231 e. The number of anilines is 1. The summed E-state index contributed by atoms with van der Waals surface area (Å²) in [5, 5.41) is 5.88. The smallest absolute Gasteiger partial charge is 0.231 e. The lowest BCUT2D eigenvalue weighted by molar-refractivity contribution is -0.115. The van der Waals surface area contributed by atoms with Crippen LogP contribution in [0, 0.1) is 5.92 Å². The third-order valence-corrected chi connectivity index (χ3v) is 5.76. The molecule has 0 saturated carbocycles. The Morgan fingerprint density at radius 3 is 2.93 bits per heavy atom. The molecule has 1 aromatic carbocycles. The maximum atomic E-state index is 12.4. The van der Waals surface area contributed by atoms with Crippen molar-refractivity contribution < 1.29 is 14.3 Å². The lowest BCUT2D eigenvalue weighted by Gasteiger charge is -2.12. The number of amides is 1. The van der Waals surface area contributed by atoms with E-state index in [-0.39, 0.29) is 19.1 Å². The number of hydrogen-bond donors (Lipinski definition) is 1. The van der Waals surface area contributed by atoms with Crippen LogP contribution in [0.5, 0.6) is 11.5 Å². The van der Waals surface area contributed by atoms with Crippen molar-refractivity contribution in [2.75, 3.05) is 12.1 Å². The van der Waals surface area contributed by atoms with E-state index < -0.39 is 0 Å². The first-order valence-electron chi connectivity index (χ1n) is 8.84. The molecule has 1 amide bonds. The first kappa shape index (κ1) is 18.1. The average Bonchev–Trinajstić information content (AvgIpc) is 3.31. The highest BCUT2D eigenvalue weighted by atomic mass is 35.5. The van der Waals surface area contributed by atoms with E-state index in [1.807, 2.05) is 5.38 Å². The summed E-state index contributed by atoms with van der Waals surface area (Å²) in [5.74, 6) is 1.65. The summed E-state index contributed by atoms with van der Waals surface area (Å²) in [5.41, 5.74) is 2.69. The minimum absolute atomic E-state index is 0.144. The van der Waals surface area contributed by atoms with Gasteiger partial charge in [-0.1, -0.05) is 36.8 Å². The zero-order valence-corrected chi connectivity index (χ0v) is 16.4. The van der Waals surface area contributed by atoms with Gasteiger partial charge in [0.15, 0.2) is 16.6 Å². The van der Waals surface area contributed by atoms with Crippen LogP contribution < -0.4 is 14.8 Å². The average molecular weight is 403 g/mol. The van der Waals surface area contributed by atoms with Gasteiger partial charge in [0.25, 0.3) is 0 Å². The number of halogens is 1. The van der Waals surface area contributed by atoms with Crippen LogP contribution in [0.1, 0.15) is 31.0 Å². The molecule has 0 saturated heterocycles. The van der Waals surface area contributed by atoms with Crippen LogP contribution >= 0.6 is 22.9 Å². The van der Waals surface area contributed by atoms with E-state index >= 15 is 0 Å². The lowest BCUT2D eigenvalue weighted by atomic mass is 9.94. The van der Waals surface area contributed by atoms with Gasteiger partial charge in [-0.05, 0) is 36.0 Å². The maximum absolute atomic E-state index is 12.4. The number of thiazole rings is 1. The fourth-order valence-corrected chi connectivity index (χ4v) is 4.01. The van der Waals surface area contributed by atoms with Gasteiger partial charge < -0.3 is 14.8 Å². The Balaban J connectivity index is 1.40. The molecule has 5 nitrogen and oxygen atoms in total. The van der Waals surface area contributed by atoms with E-state index in [9.17, 15) is 4.79 Å². The first-order chi connectivity index (χ1) is 13.1. The molecule has 0 spiro atoms. The van der Waals surface area contributed by atoms with E-state index in [1.54, 1.807) is 12.1 Å². The molecule has 1 aromatic heterocycles. The van der Waals surface area contributed by atoms with E-state index in [1.165, 1.54) is 11.3 Å². The molecule has 0 radical (unpaired) electrons. The van der Waals surface area contributed by atoms with Gasteiger partial charge in [0, 0.05) is 16.5 Å². The molecule has 1 N–H and O–H groups in total. The minimum atomic E-state index is -0.170. The minimum Gasteiger partial charge on any atom is -0.454 e. The fraction of sp³-hybridized carbons (Fsp3) is 0.300. The van der Waals surface area contributed by atoms with E-state index in [4.69, 9.17) is 21.1 Å². The van der Waals surface area contributed by atoms with Gasteiger partial charge >= 0.3 is 0 Å². The number of aromatic nitrogens is 1. The lowest BCUT2D eigenvalue weighted by Crippen LogP contribution is -2.14. The summed E-state index contributed by atoms with van der Waals surface area (Å²) in [4.78, 5) is 16.9. The van der Waals surface area contributed by atoms with Crippen LogP contribution in [0.4, 0.5) is 5.13 Å². The summed E-state index contributed by atoms with van der Waals surface area (Å²) >= 11 is 7.66. The molecule has 1 aliphatic heterocycles. The van der Waals surface area contributed by atoms with Gasteiger partial charge in [0.2, 0.25) is 12.7 Å². The molecule has 4 rings (SSSR count). The molecular weight excluding hydrogens is 384 g/mol.